The molecule has 0 spiro atoms. The van der Waals surface area contributed by atoms with Crippen LogP contribution in [0.15, 0.2) is 60.7 Å². The Morgan fingerprint density at radius 3 is 2.33 bits per heavy atom. The quantitative estimate of drug-likeness (QED) is 0.847. The molecule has 1 aliphatic heterocycles. The van der Waals surface area contributed by atoms with Crippen LogP contribution >= 0.6 is 12.4 Å². The molecule has 0 aromatic heterocycles. The molecule has 1 fully saturated rings. The average molecular weight is 388 g/mol. The first-order valence-electron chi connectivity index (χ1n) is 9.00. The van der Waals surface area contributed by atoms with E-state index in [2.05, 4.69) is 5.32 Å². The first kappa shape index (κ1) is 20.9. The van der Waals surface area contributed by atoms with E-state index < -0.39 is 0 Å². The normalized spacial score (nSPS) is 19.3. The van der Waals surface area contributed by atoms with Crippen molar-refractivity contribution >= 4 is 24.2 Å². The van der Waals surface area contributed by atoms with Crippen LogP contribution in [0, 0.1) is 5.92 Å². The Balaban J connectivity index is 0.00000261. The van der Waals surface area contributed by atoms with Gasteiger partial charge in [0.05, 0.1) is 18.4 Å². The van der Waals surface area contributed by atoms with Crippen molar-refractivity contribution in [2.24, 2.45) is 11.7 Å². The molecule has 2 aromatic carbocycles. The van der Waals surface area contributed by atoms with Gasteiger partial charge in [-0.1, -0.05) is 67.6 Å². The second-order valence-corrected chi connectivity index (χ2v) is 6.74. The maximum absolute atomic E-state index is 13.3. The summed E-state index contributed by atoms with van der Waals surface area (Å²) in [4.78, 5) is 27.2. The Kier molecular flexibility index (Phi) is 7.39. The SMILES string of the molecule is CC(C(=O)N1CCNC(=O)CC1c1ccccc1)C(N)c1ccccc1.Cl. The topological polar surface area (TPSA) is 75.4 Å². The van der Waals surface area contributed by atoms with Gasteiger partial charge in [0.15, 0.2) is 0 Å². The van der Waals surface area contributed by atoms with E-state index in [1.165, 1.54) is 0 Å². The Bertz CT molecular complexity index is 755. The van der Waals surface area contributed by atoms with Gasteiger partial charge in [-0.15, -0.1) is 12.4 Å². The minimum absolute atomic E-state index is 0. The summed E-state index contributed by atoms with van der Waals surface area (Å²) in [5.41, 5.74) is 8.28. The Hall–Kier alpha value is -2.37. The van der Waals surface area contributed by atoms with Gasteiger partial charge in [0.2, 0.25) is 11.8 Å². The summed E-state index contributed by atoms with van der Waals surface area (Å²) in [6.07, 6.45) is 0.267. The van der Waals surface area contributed by atoms with Crippen molar-refractivity contribution in [2.45, 2.75) is 25.4 Å². The van der Waals surface area contributed by atoms with E-state index in [0.717, 1.165) is 11.1 Å². The van der Waals surface area contributed by atoms with Crippen molar-refractivity contribution < 1.29 is 9.59 Å². The molecule has 5 nitrogen and oxygen atoms in total. The van der Waals surface area contributed by atoms with Crippen LogP contribution in [0.1, 0.15) is 36.6 Å². The van der Waals surface area contributed by atoms with Gasteiger partial charge < -0.3 is 16.0 Å². The van der Waals surface area contributed by atoms with Crippen molar-refractivity contribution in [3.63, 3.8) is 0 Å². The van der Waals surface area contributed by atoms with Gasteiger partial charge >= 0.3 is 0 Å². The molecule has 144 valence electrons. The average Bonchev–Trinajstić information content (AvgIpc) is 2.89. The lowest BCUT2D eigenvalue weighted by molar-refractivity contribution is -0.138. The Labute approximate surface area is 166 Å². The van der Waals surface area contributed by atoms with Crippen molar-refractivity contribution in [3.05, 3.63) is 71.8 Å². The third kappa shape index (κ3) is 4.87. The van der Waals surface area contributed by atoms with E-state index >= 15 is 0 Å². The molecule has 0 saturated carbocycles. The Morgan fingerprint density at radius 1 is 1.11 bits per heavy atom. The second-order valence-electron chi connectivity index (χ2n) is 6.74. The number of amides is 2. The summed E-state index contributed by atoms with van der Waals surface area (Å²) in [7, 11) is 0. The minimum atomic E-state index is -0.382. The van der Waals surface area contributed by atoms with Gasteiger partial charge in [-0.05, 0) is 11.1 Å². The standard InChI is InChI=1S/C21H25N3O2.ClH/c1-15(20(22)17-10-6-3-7-11-17)21(26)24-13-12-23-19(25)14-18(24)16-8-4-2-5-9-16;/h2-11,15,18,20H,12-14,22H2,1H3,(H,23,25);1H. The summed E-state index contributed by atoms with van der Waals surface area (Å²) in [5.74, 6) is -0.433. The van der Waals surface area contributed by atoms with Crippen molar-refractivity contribution in [1.29, 1.82) is 0 Å². The minimum Gasteiger partial charge on any atom is -0.354 e. The molecule has 1 aliphatic rings. The van der Waals surface area contributed by atoms with Gasteiger partial charge in [0.1, 0.15) is 0 Å². The lowest BCUT2D eigenvalue weighted by Gasteiger charge is -2.33. The number of rotatable bonds is 4. The summed E-state index contributed by atoms with van der Waals surface area (Å²) in [5, 5.41) is 2.86. The second kappa shape index (κ2) is 9.53. The van der Waals surface area contributed by atoms with Crippen LogP contribution in [0.4, 0.5) is 0 Å². The molecule has 3 atom stereocenters. The van der Waals surface area contributed by atoms with Gasteiger partial charge in [-0.3, -0.25) is 9.59 Å². The molecule has 3 rings (SSSR count). The third-order valence-electron chi connectivity index (χ3n) is 5.01. The largest absolute Gasteiger partial charge is 0.354 e. The molecular formula is C21H26ClN3O2. The maximum Gasteiger partial charge on any atom is 0.227 e. The highest BCUT2D eigenvalue weighted by atomic mass is 35.5. The molecule has 1 saturated heterocycles. The smallest absolute Gasteiger partial charge is 0.227 e. The zero-order chi connectivity index (χ0) is 18.5. The fraction of sp³-hybridized carbons (Fsp3) is 0.333. The molecule has 0 bridgehead atoms. The van der Waals surface area contributed by atoms with Crippen LogP contribution in [0.2, 0.25) is 0 Å². The number of nitrogens with two attached hydrogens (primary N) is 1. The number of hydrogen-bond donors (Lipinski definition) is 2. The van der Waals surface area contributed by atoms with Crippen LogP contribution in [0.5, 0.6) is 0 Å². The third-order valence-corrected chi connectivity index (χ3v) is 5.01. The van der Waals surface area contributed by atoms with E-state index in [4.69, 9.17) is 5.73 Å². The van der Waals surface area contributed by atoms with Crippen LogP contribution in [0.25, 0.3) is 0 Å². The van der Waals surface area contributed by atoms with Crippen molar-refractivity contribution in [3.8, 4) is 0 Å². The maximum atomic E-state index is 13.3. The molecule has 2 aromatic rings. The highest BCUT2D eigenvalue weighted by molar-refractivity contribution is 5.85. The van der Waals surface area contributed by atoms with E-state index in [9.17, 15) is 9.59 Å². The lowest BCUT2D eigenvalue weighted by Crippen LogP contribution is -2.42. The number of benzene rings is 2. The summed E-state index contributed by atoms with van der Waals surface area (Å²) >= 11 is 0. The fourth-order valence-electron chi connectivity index (χ4n) is 3.45. The molecule has 6 heteroatoms. The molecule has 0 aliphatic carbocycles. The van der Waals surface area contributed by atoms with E-state index in [0.29, 0.717) is 13.1 Å². The number of nitrogens with one attached hydrogen (secondary N) is 1. The van der Waals surface area contributed by atoms with E-state index in [1.54, 1.807) is 4.90 Å². The zero-order valence-corrected chi connectivity index (χ0v) is 16.2. The van der Waals surface area contributed by atoms with Crippen LogP contribution in [-0.2, 0) is 9.59 Å². The zero-order valence-electron chi connectivity index (χ0n) is 15.4. The first-order valence-corrected chi connectivity index (χ1v) is 9.00. The van der Waals surface area contributed by atoms with E-state index in [-0.39, 0.29) is 48.6 Å². The van der Waals surface area contributed by atoms with Crippen LogP contribution in [-0.4, -0.2) is 29.8 Å². The van der Waals surface area contributed by atoms with Gasteiger partial charge in [0.25, 0.3) is 0 Å². The van der Waals surface area contributed by atoms with Crippen molar-refractivity contribution in [1.82, 2.24) is 10.2 Å². The summed E-state index contributed by atoms with van der Waals surface area (Å²) in [6, 6.07) is 18.7. The molecule has 3 N–H and O–H groups in total. The molecule has 0 radical (unpaired) electrons. The number of carbonyl (C=O) groups excluding carboxylic acids is 2. The molecular weight excluding hydrogens is 362 g/mol. The lowest BCUT2D eigenvalue weighted by atomic mass is 9.92. The molecule has 27 heavy (non-hydrogen) atoms. The number of halogens is 1. The van der Waals surface area contributed by atoms with Gasteiger partial charge in [-0.2, -0.15) is 0 Å². The number of hydrogen-bond acceptors (Lipinski definition) is 3. The fourth-order valence-corrected chi connectivity index (χ4v) is 3.45. The van der Waals surface area contributed by atoms with E-state index in [1.807, 2.05) is 67.6 Å². The van der Waals surface area contributed by atoms with Gasteiger partial charge in [0, 0.05) is 19.1 Å². The van der Waals surface area contributed by atoms with Crippen LogP contribution < -0.4 is 11.1 Å². The van der Waals surface area contributed by atoms with Crippen molar-refractivity contribution in [2.75, 3.05) is 13.1 Å². The number of nitrogens with zero attached hydrogens (tertiary/aromatic N) is 1. The molecule has 2 amide bonds. The Morgan fingerprint density at radius 2 is 1.70 bits per heavy atom. The highest BCUT2D eigenvalue weighted by Crippen LogP contribution is 2.29. The first-order chi connectivity index (χ1) is 12.6. The predicted octanol–water partition coefficient (Wildman–Crippen LogP) is 2.83. The van der Waals surface area contributed by atoms with Gasteiger partial charge in [-0.25, -0.2) is 0 Å². The predicted molar refractivity (Wildman–Crippen MR) is 108 cm³/mol. The summed E-state index contributed by atoms with van der Waals surface area (Å²) in [6.45, 7) is 2.80. The molecule has 1 heterocycles. The highest BCUT2D eigenvalue weighted by Gasteiger charge is 2.34. The van der Waals surface area contributed by atoms with Crippen LogP contribution in [0.3, 0.4) is 0 Å². The number of carbonyl (C=O) groups is 2. The monoisotopic (exact) mass is 387 g/mol. The summed E-state index contributed by atoms with van der Waals surface area (Å²) < 4.78 is 0. The molecule has 3 unspecified atom stereocenters.